The molecule has 0 aliphatic carbocycles. The second-order valence-corrected chi connectivity index (χ2v) is 5.83. The quantitative estimate of drug-likeness (QED) is 0.898. The van der Waals surface area contributed by atoms with Crippen molar-refractivity contribution in [2.45, 2.75) is 19.1 Å². The number of halogens is 1. The standard InChI is InChI=1S/C17H18BrNO2/c1-19(12-14-9-5-6-10-15(14)18)17(21)11-16(20)13-7-3-2-4-8-13/h2-10,16,20H,11-12H2,1H3. The van der Waals surface area contributed by atoms with Gasteiger partial charge in [0.1, 0.15) is 0 Å². The van der Waals surface area contributed by atoms with Crippen molar-refractivity contribution >= 4 is 21.8 Å². The zero-order chi connectivity index (χ0) is 15.2. The van der Waals surface area contributed by atoms with Gasteiger partial charge in [0.2, 0.25) is 5.91 Å². The average molecular weight is 348 g/mol. The first-order chi connectivity index (χ1) is 10.1. The zero-order valence-electron chi connectivity index (χ0n) is 11.9. The van der Waals surface area contributed by atoms with Crippen molar-refractivity contribution in [1.29, 1.82) is 0 Å². The van der Waals surface area contributed by atoms with E-state index in [1.54, 1.807) is 11.9 Å². The molecule has 0 aliphatic rings. The summed E-state index contributed by atoms with van der Waals surface area (Å²) in [6.07, 6.45) is -0.675. The van der Waals surface area contributed by atoms with Gasteiger partial charge in [0.15, 0.2) is 0 Å². The highest BCUT2D eigenvalue weighted by Gasteiger charge is 2.16. The first-order valence-corrected chi connectivity index (χ1v) is 7.57. The molecule has 21 heavy (non-hydrogen) atoms. The van der Waals surface area contributed by atoms with E-state index < -0.39 is 6.10 Å². The largest absolute Gasteiger partial charge is 0.388 e. The molecule has 3 nitrogen and oxygen atoms in total. The molecule has 2 aromatic carbocycles. The Balaban J connectivity index is 1.95. The Kier molecular flexibility index (Phi) is 5.53. The number of hydrogen-bond acceptors (Lipinski definition) is 2. The monoisotopic (exact) mass is 347 g/mol. The molecule has 2 aromatic rings. The number of benzene rings is 2. The number of hydrogen-bond donors (Lipinski definition) is 1. The summed E-state index contributed by atoms with van der Waals surface area (Å²) in [6.45, 7) is 0.516. The lowest BCUT2D eigenvalue weighted by Crippen LogP contribution is -2.27. The predicted molar refractivity (Wildman–Crippen MR) is 86.6 cm³/mol. The summed E-state index contributed by atoms with van der Waals surface area (Å²) >= 11 is 3.47. The van der Waals surface area contributed by atoms with Crippen LogP contribution in [-0.4, -0.2) is 23.0 Å². The highest BCUT2D eigenvalue weighted by atomic mass is 79.9. The Labute approximate surface area is 133 Å². The first kappa shape index (κ1) is 15.7. The van der Waals surface area contributed by atoms with Gasteiger partial charge in [-0.05, 0) is 17.2 Å². The maximum Gasteiger partial charge on any atom is 0.225 e. The SMILES string of the molecule is CN(Cc1ccccc1Br)C(=O)CC(O)c1ccccc1. The Bertz CT molecular complexity index is 601. The summed E-state index contributed by atoms with van der Waals surface area (Å²) in [5.41, 5.74) is 1.81. The summed E-state index contributed by atoms with van der Waals surface area (Å²) in [6, 6.07) is 17.1. The number of carbonyl (C=O) groups is 1. The molecule has 0 heterocycles. The van der Waals surface area contributed by atoms with Crippen LogP contribution in [0.25, 0.3) is 0 Å². The Morgan fingerprint density at radius 1 is 1.14 bits per heavy atom. The maximum atomic E-state index is 12.2. The minimum absolute atomic E-state index is 0.0814. The average Bonchev–Trinajstić information content (AvgIpc) is 2.50. The minimum atomic E-state index is -0.764. The fourth-order valence-corrected chi connectivity index (χ4v) is 2.49. The van der Waals surface area contributed by atoms with E-state index in [2.05, 4.69) is 15.9 Å². The summed E-state index contributed by atoms with van der Waals surface area (Å²) in [5.74, 6) is -0.0814. The normalized spacial score (nSPS) is 12.0. The van der Waals surface area contributed by atoms with Gasteiger partial charge in [-0.3, -0.25) is 4.79 Å². The van der Waals surface area contributed by atoms with Crippen molar-refractivity contribution in [1.82, 2.24) is 4.90 Å². The smallest absolute Gasteiger partial charge is 0.225 e. The van der Waals surface area contributed by atoms with Crippen LogP contribution in [0.2, 0.25) is 0 Å². The topological polar surface area (TPSA) is 40.5 Å². The maximum absolute atomic E-state index is 12.2. The molecule has 0 saturated carbocycles. The molecule has 0 radical (unpaired) electrons. The molecular weight excluding hydrogens is 330 g/mol. The van der Waals surface area contributed by atoms with Crippen LogP contribution in [0.1, 0.15) is 23.7 Å². The van der Waals surface area contributed by atoms with Crippen LogP contribution < -0.4 is 0 Å². The Morgan fingerprint density at radius 3 is 2.43 bits per heavy atom. The molecular formula is C17H18BrNO2. The molecule has 0 fully saturated rings. The van der Waals surface area contributed by atoms with Crippen LogP contribution in [0.4, 0.5) is 0 Å². The second kappa shape index (κ2) is 7.38. The second-order valence-electron chi connectivity index (χ2n) is 4.97. The van der Waals surface area contributed by atoms with E-state index in [1.807, 2.05) is 54.6 Å². The molecule has 0 spiro atoms. The number of amides is 1. The predicted octanol–water partition coefficient (Wildman–Crippen LogP) is 3.53. The summed E-state index contributed by atoms with van der Waals surface area (Å²) < 4.78 is 0.980. The van der Waals surface area contributed by atoms with E-state index in [-0.39, 0.29) is 12.3 Å². The number of aliphatic hydroxyl groups excluding tert-OH is 1. The van der Waals surface area contributed by atoms with E-state index in [4.69, 9.17) is 0 Å². The van der Waals surface area contributed by atoms with E-state index in [9.17, 15) is 9.90 Å². The number of aliphatic hydroxyl groups is 1. The van der Waals surface area contributed by atoms with Gasteiger partial charge in [-0.1, -0.05) is 64.5 Å². The molecule has 1 unspecified atom stereocenters. The Hall–Kier alpha value is -1.65. The number of rotatable bonds is 5. The third-order valence-corrected chi connectivity index (χ3v) is 4.12. The highest BCUT2D eigenvalue weighted by Crippen LogP contribution is 2.20. The van der Waals surface area contributed by atoms with Crippen LogP contribution in [-0.2, 0) is 11.3 Å². The van der Waals surface area contributed by atoms with Crippen molar-refractivity contribution < 1.29 is 9.90 Å². The third kappa shape index (κ3) is 4.41. The van der Waals surface area contributed by atoms with Gasteiger partial charge in [-0.15, -0.1) is 0 Å². The van der Waals surface area contributed by atoms with Crippen LogP contribution in [0.3, 0.4) is 0 Å². The fourth-order valence-electron chi connectivity index (χ4n) is 2.08. The first-order valence-electron chi connectivity index (χ1n) is 6.78. The van der Waals surface area contributed by atoms with Gasteiger partial charge < -0.3 is 10.0 Å². The van der Waals surface area contributed by atoms with Gasteiger partial charge in [-0.2, -0.15) is 0 Å². The van der Waals surface area contributed by atoms with E-state index in [1.165, 1.54) is 0 Å². The fraction of sp³-hybridized carbons (Fsp3) is 0.235. The summed E-state index contributed by atoms with van der Waals surface area (Å²) in [4.78, 5) is 13.8. The summed E-state index contributed by atoms with van der Waals surface area (Å²) in [7, 11) is 1.75. The van der Waals surface area contributed by atoms with Gasteiger partial charge in [0.25, 0.3) is 0 Å². The molecule has 1 atom stereocenters. The number of carbonyl (C=O) groups excluding carboxylic acids is 1. The van der Waals surface area contributed by atoms with Gasteiger partial charge in [0.05, 0.1) is 12.5 Å². The molecule has 2 rings (SSSR count). The highest BCUT2D eigenvalue weighted by molar-refractivity contribution is 9.10. The lowest BCUT2D eigenvalue weighted by molar-refractivity contribution is -0.132. The van der Waals surface area contributed by atoms with Crippen molar-refractivity contribution in [2.24, 2.45) is 0 Å². The van der Waals surface area contributed by atoms with Crippen LogP contribution in [0.15, 0.2) is 59.1 Å². The third-order valence-electron chi connectivity index (χ3n) is 3.34. The van der Waals surface area contributed by atoms with E-state index in [0.29, 0.717) is 6.54 Å². The van der Waals surface area contributed by atoms with Crippen molar-refractivity contribution in [2.75, 3.05) is 7.05 Å². The van der Waals surface area contributed by atoms with Gasteiger partial charge in [0, 0.05) is 18.1 Å². The lowest BCUT2D eigenvalue weighted by Gasteiger charge is -2.20. The number of nitrogens with zero attached hydrogens (tertiary/aromatic N) is 1. The molecule has 0 bridgehead atoms. The van der Waals surface area contributed by atoms with Crippen molar-refractivity contribution in [3.05, 3.63) is 70.2 Å². The summed E-state index contributed by atoms with van der Waals surface area (Å²) in [5, 5.41) is 10.1. The molecule has 0 aliphatic heterocycles. The molecule has 0 aromatic heterocycles. The van der Waals surface area contributed by atoms with E-state index in [0.717, 1.165) is 15.6 Å². The van der Waals surface area contributed by atoms with Crippen LogP contribution in [0.5, 0.6) is 0 Å². The van der Waals surface area contributed by atoms with Gasteiger partial charge >= 0.3 is 0 Å². The van der Waals surface area contributed by atoms with Crippen LogP contribution in [0, 0.1) is 0 Å². The Morgan fingerprint density at radius 2 is 1.76 bits per heavy atom. The minimum Gasteiger partial charge on any atom is -0.388 e. The molecule has 4 heteroatoms. The van der Waals surface area contributed by atoms with Crippen molar-refractivity contribution in [3.63, 3.8) is 0 Å². The molecule has 0 saturated heterocycles. The van der Waals surface area contributed by atoms with Crippen LogP contribution >= 0.6 is 15.9 Å². The van der Waals surface area contributed by atoms with Crippen molar-refractivity contribution in [3.8, 4) is 0 Å². The molecule has 1 amide bonds. The van der Waals surface area contributed by atoms with Gasteiger partial charge in [-0.25, -0.2) is 0 Å². The van der Waals surface area contributed by atoms with E-state index >= 15 is 0 Å². The zero-order valence-corrected chi connectivity index (χ0v) is 13.5. The molecule has 110 valence electrons. The molecule has 1 N–H and O–H groups in total. The lowest BCUT2D eigenvalue weighted by atomic mass is 10.1.